The van der Waals surface area contributed by atoms with E-state index in [1.54, 1.807) is 12.4 Å². The number of nitrogens with one attached hydrogen (secondary N) is 2. The van der Waals surface area contributed by atoms with E-state index in [0.29, 0.717) is 6.54 Å². The Morgan fingerprint density at radius 1 is 1.25 bits per heavy atom. The molecule has 3 aromatic rings. The molecule has 4 N–H and O–H groups in total. The van der Waals surface area contributed by atoms with E-state index < -0.39 is 11.7 Å². The number of hydrogen-bond donors (Lipinski definition) is 3. The fourth-order valence-electron chi connectivity index (χ4n) is 1.81. The Hall–Kier alpha value is -3.63. The second-order valence-corrected chi connectivity index (χ2v) is 4.60. The summed E-state index contributed by atoms with van der Waals surface area (Å²) in [7, 11) is 0. The summed E-state index contributed by atoms with van der Waals surface area (Å²) in [6, 6.07) is 1.19. The highest BCUT2D eigenvalue weighted by atomic mass is 19.1. The first-order valence-corrected chi connectivity index (χ1v) is 6.66. The Bertz CT molecular complexity index is 854. The van der Waals surface area contributed by atoms with Gasteiger partial charge in [-0.1, -0.05) is 0 Å². The zero-order valence-corrected chi connectivity index (χ0v) is 12.1. The molecule has 0 aliphatic rings. The molecule has 0 atom stereocenters. The van der Waals surface area contributed by atoms with Gasteiger partial charge >= 0.3 is 0 Å². The summed E-state index contributed by atoms with van der Waals surface area (Å²) in [5, 5.41) is 12.1. The molecule has 10 nitrogen and oxygen atoms in total. The van der Waals surface area contributed by atoms with Gasteiger partial charge < -0.3 is 16.4 Å². The summed E-state index contributed by atoms with van der Waals surface area (Å²) in [6.45, 7) is 0.308. The predicted octanol–water partition coefficient (Wildman–Crippen LogP) is 0.840. The quantitative estimate of drug-likeness (QED) is 0.619. The maximum absolute atomic E-state index is 13.5. The van der Waals surface area contributed by atoms with E-state index in [1.807, 2.05) is 0 Å². The van der Waals surface area contributed by atoms with Gasteiger partial charge in [-0.3, -0.25) is 4.79 Å². The van der Waals surface area contributed by atoms with Crippen molar-refractivity contribution in [3.8, 4) is 0 Å². The summed E-state index contributed by atoms with van der Waals surface area (Å²) < 4.78 is 17.8. The lowest BCUT2D eigenvalue weighted by molar-refractivity contribution is 0.101. The van der Waals surface area contributed by atoms with Crippen LogP contribution < -0.4 is 16.4 Å². The lowest BCUT2D eigenvalue weighted by atomic mass is 10.3. The van der Waals surface area contributed by atoms with Gasteiger partial charge in [-0.25, -0.2) is 24.0 Å². The van der Waals surface area contributed by atoms with Gasteiger partial charge in [0.15, 0.2) is 5.82 Å². The summed E-state index contributed by atoms with van der Waals surface area (Å²) in [5.74, 6) is -1.31. The van der Waals surface area contributed by atoms with Gasteiger partial charge in [0, 0.05) is 30.6 Å². The molecule has 3 heterocycles. The second-order valence-electron chi connectivity index (χ2n) is 4.60. The molecule has 0 aromatic carbocycles. The van der Waals surface area contributed by atoms with Gasteiger partial charge in [0.2, 0.25) is 11.5 Å². The number of nitrogens with two attached hydrogens (primary N) is 1. The number of nitrogens with zero attached hydrogens (tertiary/aromatic N) is 5. The molecule has 122 valence electrons. The van der Waals surface area contributed by atoms with Gasteiger partial charge in [-0.15, -0.1) is 0 Å². The van der Waals surface area contributed by atoms with Crippen LogP contribution in [-0.2, 0) is 6.54 Å². The van der Waals surface area contributed by atoms with Gasteiger partial charge in [0.25, 0.3) is 5.91 Å². The molecule has 0 unspecified atom stereocenters. The first kappa shape index (κ1) is 15.3. The van der Waals surface area contributed by atoms with Crippen molar-refractivity contribution in [1.82, 2.24) is 25.3 Å². The van der Waals surface area contributed by atoms with Crippen LogP contribution in [0.3, 0.4) is 0 Å². The molecule has 0 saturated heterocycles. The number of aromatic nitrogens is 5. The molecule has 0 bridgehead atoms. The van der Waals surface area contributed by atoms with Gasteiger partial charge in [0.05, 0.1) is 11.9 Å². The Morgan fingerprint density at radius 3 is 2.75 bits per heavy atom. The van der Waals surface area contributed by atoms with Crippen molar-refractivity contribution in [3.05, 3.63) is 48.1 Å². The van der Waals surface area contributed by atoms with Crippen LogP contribution in [0.1, 0.15) is 16.1 Å². The minimum Gasteiger partial charge on any atom is -0.379 e. The number of rotatable bonds is 5. The molecule has 11 heteroatoms. The van der Waals surface area contributed by atoms with E-state index in [-0.39, 0.29) is 23.0 Å². The molecule has 1 amide bonds. The number of amides is 1. The summed E-state index contributed by atoms with van der Waals surface area (Å²) in [6.07, 6.45) is 5.57. The summed E-state index contributed by atoms with van der Waals surface area (Å²) in [5.41, 5.74) is 6.30. The lowest BCUT2D eigenvalue weighted by Crippen LogP contribution is -2.17. The van der Waals surface area contributed by atoms with Crippen LogP contribution in [0.2, 0.25) is 0 Å². The van der Waals surface area contributed by atoms with E-state index in [9.17, 15) is 9.18 Å². The molecule has 24 heavy (non-hydrogen) atoms. The van der Waals surface area contributed by atoms with E-state index in [2.05, 4.69) is 40.5 Å². The molecular formula is C13H11FN8O2. The standard InChI is InChI=1S/C13H11FN8O2/c14-8-1-9(18-4-7-2-16-6-17-3-7)12(19-5-8)20-13(23)10-11(15)22-24-21-10/h1-3,5-6,18H,4H2,(H2,15,22)(H,19,20,23). The molecule has 0 saturated carbocycles. The van der Waals surface area contributed by atoms with Crippen LogP contribution in [-0.4, -0.2) is 31.2 Å². The van der Waals surface area contributed by atoms with Gasteiger partial charge in [-0.05, 0) is 10.3 Å². The first-order valence-electron chi connectivity index (χ1n) is 6.66. The van der Waals surface area contributed by atoms with Crippen LogP contribution in [0.15, 0.2) is 35.6 Å². The highest BCUT2D eigenvalue weighted by Crippen LogP contribution is 2.21. The Morgan fingerprint density at radius 2 is 2.04 bits per heavy atom. The monoisotopic (exact) mass is 330 g/mol. The van der Waals surface area contributed by atoms with E-state index in [4.69, 9.17) is 5.73 Å². The minimum atomic E-state index is -0.682. The Labute approximate surface area is 134 Å². The number of halogens is 1. The largest absolute Gasteiger partial charge is 0.379 e. The molecule has 3 rings (SSSR count). The van der Waals surface area contributed by atoms with Crippen LogP contribution in [0, 0.1) is 5.82 Å². The topological polar surface area (TPSA) is 145 Å². The number of carbonyl (C=O) groups is 1. The molecule has 0 spiro atoms. The number of pyridine rings is 1. The maximum atomic E-state index is 13.5. The summed E-state index contributed by atoms with van der Waals surface area (Å²) in [4.78, 5) is 23.7. The first-order chi connectivity index (χ1) is 11.6. The highest BCUT2D eigenvalue weighted by Gasteiger charge is 2.18. The zero-order valence-electron chi connectivity index (χ0n) is 12.1. The number of nitrogen functional groups attached to an aromatic ring is 1. The molecule has 3 aromatic heterocycles. The van der Waals surface area contributed by atoms with Crippen LogP contribution in [0.25, 0.3) is 0 Å². The maximum Gasteiger partial charge on any atom is 0.283 e. The van der Waals surface area contributed by atoms with Crippen molar-refractivity contribution >= 4 is 23.2 Å². The van der Waals surface area contributed by atoms with Crippen molar-refractivity contribution in [1.29, 1.82) is 0 Å². The smallest absolute Gasteiger partial charge is 0.283 e. The number of anilines is 3. The fourth-order valence-corrected chi connectivity index (χ4v) is 1.81. The van der Waals surface area contributed by atoms with Gasteiger partial charge in [0.1, 0.15) is 12.1 Å². The van der Waals surface area contributed by atoms with E-state index >= 15 is 0 Å². The van der Waals surface area contributed by atoms with Crippen molar-refractivity contribution < 1.29 is 13.8 Å². The van der Waals surface area contributed by atoms with Crippen molar-refractivity contribution in [2.24, 2.45) is 0 Å². The molecule has 0 aliphatic carbocycles. The summed E-state index contributed by atoms with van der Waals surface area (Å²) >= 11 is 0. The normalized spacial score (nSPS) is 10.4. The zero-order chi connectivity index (χ0) is 16.9. The number of carbonyl (C=O) groups excluding carboxylic acids is 1. The predicted molar refractivity (Wildman–Crippen MR) is 80.2 cm³/mol. The fraction of sp³-hybridized carbons (Fsp3) is 0.0769. The van der Waals surface area contributed by atoms with E-state index in [1.165, 1.54) is 12.4 Å². The molecular weight excluding hydrogens is 319 g/mol. The Balaban J connectivity index is 1.78. The van der Waals surface area contributed by atoms with Crippen molar-refractivity contribution in [3.63, 3.8) is 0 Å². The molecule has 0 aliphatic heterocycles. The van der Waals surface area contributed by atoms with Crippen molar-refractivity contribution in [2.45, 2.75) is 6.54 Å². The third-order valence-electron chi connectivity index (χ3n) is 2.91. The third-order valence-corrected chi connectivity index (χ3v) is 2.91. The van der Waals surface area contributed by atoms with Gasteiger partial charge in [-0.2, -0.15) is 0 Å². The minimum absolute atomic E-state index is 0.0978. The second kappa shape index (κ2) is 6.64. The third kappa shape index (κ3) is 3.40. The lowest BCUT2D eigenvalue weighted by Gasteiger charge is -2.11. The average Bonchev–Trinajstić information content (AvgIpc) is 3.02. The molecule has 0 fully saturated rings. The van der Waals surface area contributed by atoms with Crippen molar-refractivity contribution in [2.75, 3.05) is 16.4 Å². The average molecular weight is 330 g/mol. The SMILES string of the molecule is Nc1nonc1C(=O)Nc1ncc(F)cc1NCc1cncnc1. The Kier molecular flexibility index (Phi) is 4.23. The van der Waals surface area contributed by atoms with E-state index in [0.717, 1.165) is 11.8 Å². The van der Waals surface area contributed by atoms with Crippen LogP contribution in [0.4, 0.5) is 21.7 Å². The highest BCUT2D eigenvalue weighted by molar-refractivity contribution is 6.06. The molecule has 0 radical (unpaired) electrons. The van der Waals surface area contributed by atoms with Crippen LogP contribution in [0.5, 0.6) is 0 Å². The van der Waals surface area contributed by atoms with Crippen LogP contribution >= 0.6 is 0 Å². The number of hydrogen-bond acceptors (Lipinski definition) is 9.